The summed E-state index contributed by atoms with van der Waals surface area (Å²) in [5, 5.41) is 16.3. The van der Waals surface area contributed by atoms with Crippen LogP contribution in [0.2, 0.25) is 0 Å². The van der Waals surface area contributed by atoms with Crippen molar-refractivity contribution < 1.29 is 9.90 Å². The number of nitrogens with zero attached hydrogens (tertiary/aromatic N) is 4. The Kier molecular flexibility index (Phi) is 4.68. The third kappa shape index (κ3) is 3.64. The predicted octanol–water partition coefficient (Wildman–Crippen LogP) is 1.58. The fourth-order valence-electron chi connectivity index (χ4n) is 2.25. The molecular formula is C13H20N4O2. The van der Waals surface area contributed by atoms with Gasteiger partial charge in [0.1, 0.15) is 0 Å². The molecule has 19 heavy (non-hydrogen) atoms. The molecule has 1 aromatic rings. The molecule has 0 radical (unpaired) electrons. The lowest BCUT2D eigenvalue weighted by molar-refractivity contribution is 0.0690. The Hall–Kier alpha value is -1.69. The molecule has 1 aromatic heterocycles. The lowest BCUT2D eigenvalue weighted by atomic mass is 10.1. The molecule has 0 aliphatic carbocycles. The van der Waals surface area contributed by atoms with Crippen LogP contribution in [-0.4, -0.2) is 50.6 Å². The lowest BCUT2D eigenvalue weighted by Gasteiger charge is -2.38. The van der Waals surface area contributed by atoms with E-state index in [1.165, 1.54) is 25.5 Å². The van der Waals surface area contributed by atoms with Gasteiger partial charge in [-0.1, -0.05) is 17.7 Å². The third-order valence-electron chi connectivity index (χ3n) is 3.42. The summed E-state index contributed by atoms with van der Waals surface area (Å²) in [5.74, 6) is -1.02. The third-order valence-corrected chi connectivity index (χ3v) is 3.42. The maximum atomic E-state index is 10.7. The van der Waals surface area contributed by atoms with Crippen molar-refractivity contribution in [3.8, 4) is 0 Å². The second kappa shape index (κ2) is 6.47. The Bertz CT molecular complexity index is 438. The Labute approximate surface area is 112 Å². The minimum atomic E-state index is -1.02. The zero-order chi connectivity index (χ0) is 13.7. The summed E-state index contributed by atoms with van der Waals surface area (Å²) in [6.45, 7) is 6.68. The van der Waals surface area contributed by atoms with Crippen LogP contribution in [-0.2, 0) is 0 Å². The molecule has 2 heterocycles. The van der Waals surface area contributed by atoms with Crippen molar-refractivity contribution in [2.24, 2.45) is 0 Å². The fourth-order valence-corrected chi connectivity index (χ4v) is 2.25. The molecule has 1 fully saturated rings. The summed E-state index contributed by atoms with van der Waals surface area (Å²) in [5.41, 5.74) is 0.0166. The number of carboxylic acid groups (broad SMARTS) is 1. The Morgan fingerprint density at radius 2 is 2.26 bits per heavy atom. The largest absolute Gasteiger partial charge is 0.476 e. The number of rotatable bonds is 8. The first-order chi connectivity index (χ1) is 9.20. The van der Waals surface area contributed by atoms with Crippen LogP contribution in [0, 0.1) is 0 Å². The molecule has 0 unspecified atom stereocenters. The van der Waals surface area contributed by atoms with Crippen LogP contribution in [0.5, 0.6) is 0 Å². The Morgan fingerprint density at radius 3 is 2.89 bits per heavy atom. The van der Waals surface area contributed by atoms with E-state index in [-0.39, 0.29) is 11.7 Å². The Balaban J connectivity index is 1.65. The van der Waals surface area contributed by atoms with Crippen LogP contribution in [0.3, 0.4) is 0 Å². The first kappa shape index (κ1) is 13.7. The second-order valence-corrected chi connectivity index (χ2v) is 4.94. The number of hydrogen-bond donors (Lipinski definition) is 1. The van der Waals surface area contributed by atoms with Crippen molar-refractivity contribution in [2.75, 3.05) is 19.6 Å². The Morgan fingerprint density at radius 1 is 1.47 bits per heavy atom. The zero-order valence-electron chi connectivity index (χ0n) is 11.0. The number of likely N-dealkylation sites (tertiary alicyclic amines) is 1. The maximum Gasteiger partial charge on any atom is 0.358 e. The van der Waals surface area contributed by atoms with Gasteiger partial charge >= 0.3 is 5.97 Å². The van der Waals surface area contributed by atoms with Gasteiger partial charge in [-0.3, -0.25) is 4.90 Å². The number of allylic oxidation sites excluding steroid dienone is 1. The molecule has 0 amide bonds. The molecule has 0 atom stereocenters. The van der Waals surface area contributed by atoms with E-state index in [0.29, 0.717) is 0 Å². The number of aromatic nitrogens is 3. The molecule has 1 saturated heterocycles. The molecule has 1 N–H and O–H groups in total. The van der Waals surface area contributed by atoms with Crippen molar-refractivity contribution in [3.63, 3.8) is 0 Å². The number of hydrogen-bond acceptors (Lipinski definition) is 4. The van der Waals surface area contributed by atoms with Crippen molar-refractivity contribution in [3.05, 3.63) is 24.5 Å². The quantitative estimate of drug-likeness (QED) is 0.570. The van der Waals surface area contributed by atoms with Crippen LogP contribution in [0.1, 0.15) is 42.2 Å². The number of aromatic carboxylic acids is 1. The minimum Gasteiger partial charge on any atom is -0.476 e. The van der Waals surface area contributed by atoms with E-state index in [1.54, 1.807) is 4.68 Å². The van der Waals surface area contributed by atoms with E-state index in [1.807, 2.05) is 6.08 Å². The number of carbonyl (C=O) groups is 1. The van der Waals surface area contributed by atoms with Gasteiger partial charge in [-0.15, -0.1) is 11.7 Å². The first-order valence-electron chi connectivity index (χ1n) is 6.69. The molecule has 1 aliphatic heterocycles. The molecule has 0 aromatic carbocycles. The molecule has 2 rings (SSSR count). The highest BCUT2D eigenvalue weighted by Gasteiger charge is 2.28. The van der Waals surface area contributed by atoms with Crippen molar-refractivity contribution in [1.82, 2.24) is 19.9 Å². The summed E-state index contributed by atoms with van der Waals surface area (Å²) >= 11 is 0. The monoisotopic (exact) mass is 264 g/mol. The van der Waals surface area contributed by atoms with Gasteiger partial charge in [0.2, 0.25) is 0 Å². The highest BCUT2D eigenvalue weighted by molar-refractivity contribution is 5.84. The average molecular weight is 264 g/mol. The summed E-state index contributed by atoms with van der Waals surface area (Å²) < 4.78 is 1.66. The van der Waals surface area contributed by atoms with E-state index in [4.69, 9.17) is 5.11 Å². The average Bonchev–Trinajstić information content (AvgIpc) is 2.80. The topological polar surface area (TPSA) is 71.2 Å². The van der Waals surface area contributed by atoms with Crippen LogP contribution >= 0.6 is 0 Å². The molecule has 0 spiro atoms. The van der Waals surface area contributed by atoms with Crippen molar-refractivity contribution in [2.45, 2.75) is 31.7 Å². The molecule has 104 valence electrons. The summed E-state index contributed by atoms with van der Waals surface area (Å²) in [7, 11) is 0. The normalized spacial score (nSPS) is 16.2. The first-order valence-corrected chi connectivity index (χ1v) is 6.69. The summed E-state index contributed by atoms with van der Waals surface area (Å²) in [6, 6.07) is 0.272. The van der Waals surface area contributed by atoms with Crippen LogP contribution in [0.15, 0.2) is 18.9 Å². The van der Waals surface area contributed by atoms with E-state index >= 15 is 0 Å². The van der Waals surface area contributed by atoms with Gasteiger partial charge in [-0.25, -0.2) is 9.48 Å². The zero-order valence-corrected chi connectivity index (χ0v) is 11.0. The second-order valence-electron chi connectivity index (χ2n) is 4.94. The van der Waals surface area contributed by atoms with E-state index in [2.05, 4.69) is 21.8 Å². The molecule has 6 nitrogen and oxygen atoms in total. The number of unbranched alkanes of at least 4 members (excludes halogenated alkanes) is 3. The summed E-state index contributed by atoms with van der Waals surface area (Å²) in [6.07, 6.45) is 8.22. The molecule has 1 aliphatic rings. The van der Waals surface area contributed by atoms with Gasteiger partial charge in [-0.2, -0.15) is 0 Å². The van der Waals surface area contributed by atoms with Gasteiger partial charge < -0.3 is 5.11 Å². The van der Waals surface area contributed by atoms with Gasteiger partial charge in [-0.05, 0) is 25.8 Å². The van der Waals surface area contributed by atoms with E-state index in [0.717, 1.165) is 26.1 Å². The highest BCUT2D eigenvalue weighted by atomic mass is 16.4. The van der Waals surface area contributed by atoms with Crippen LogP contribution in [0.4, 0.5) is 0 Å². The van der Waals surface area contributed by atoms with Crippen molar-refractivity contribution in [1.29, 1.82) is 0 Å². The standard InChI is InChI=1S/C13H20N4O2/c1-2-3-4-5-6-7-16-8-11(9-16)17-10-12(13(18)19)14-15-17/h2,10-11H,1,3-9H2,(H,18,19). The molecule has 0 bridgehead atoms. The summed E-state index contributed by atoms with van der Waals surface area (Å²) in [4.78, 5) is 13.1. The van der Waals surface area contributed by atoms with Gasteiger partial charge in [0.05, 0.1) is 12.2 Å². The fraction of sp³-hybridized carbons (Fsp3) is 0.615. The minimum absolute atomic E-state index is 0.0166. The molecular weight excluding hydrogens is 244 g/mol. The molecule has 0 saturated carbocycles. The smallest absolute Gasteiger partial charge is 0.358 e. The highest BCUT2D eigenvalue weighted by Crippen LogP contribution is 2.20. The SMILES string of the molecule is C=CCCCCCN1CC(n2cc(C(=O)O)nn2)C1. The van der Waals surface area contributed by atoms with Gasteiger partial charge in [0, 0.05) is 13.1 Å². The predicted molar refractivity (Wildman–Crippen MR) is 71.1 cm³/mol. The van der Waals surface area contributed by atoms with Gasteiger partial charge in [0.15, 0.2) is 5.69 Å². The van der Waals surface area contributed by atoms with Gasteiger partial charge in [0.25, 0.3) is 0 Å². The van der Waals surface area contributed by atoms with Crippen molar-refractivity contribution >= 4 is 5.97 Å². The lowest BCUT2D eigenvalue weighted by Crippen LogP contribution is -2.48. The van der Waals surface area contributed by atoms with Crippen LogP contribution < -0.4 is 0 Å². The van der Waals surface area contributed by atoms with Crippen LogP contribution in [0.25, 0.3) is 0 Å². The van der Waals surface area contributed by atoms with E-state index < -0.39 is 5.97 Å². The molecule has 6 heteroatoms. The maximum absolute atomic E-state index is 10.7. The van der Waals surface area contributed by atoms with E-state index in [9.17, 15) is 4.79 Å². The number of carboxylic acids is 1.